The first-order valence-electron chi connectivity index (χ1n) is 4.38. The van der Waals surface area contributed by atoms with Crippen molar-refractivity contribution in [3.63, 3.8) is 0 Å². The summed E-state index contributed by atoms with van der Waals surface area (Å²) >= 11 is 0. The van der Waals surface area contributed by atoms with Crippen LogP contribution in [0.1, 0.15) is 5.56 Å². The minimum absolute atomic E-state index is 0.328. The molecule has 0 aliphatic carbocycles. The summed E-state index contributed by atoms with van der Waals surface area (Å²) in [5.41, 5.74) is 6.63. The van der Waals surface area contributed by atoms with Gasteiger partial charge in [-0.1, -0.05) is 0 Å². The van der Waals surface area contributed by atoms with Crippen molar-refractivity contribution in [2.24, 2.45) is 0 Å². The molecule has 74 valence electrons. The van der Waals surface area contributed by atoms with E-state index < -0.39 is 0 Å². The fourth-order valence-electron chi connectivity index (χ4n) is 1.19. The minimum Gasteiger partial charge on any atom is -0.368 e. The first-order chi connectivity index (χ1) is 6.84. The highest BCUT2D eigenvalue weighted by molar-refractivity contribution is 5.29. The number of hydrogen-bond acceptors (Lipinski definition) is 4. The smallest absolute Gasteiger partial charge is 0.223 e. The summed E-state index contributed by atoms with van der Waals surface area (Å²) in [4.78, 5) is 5.79. The van der Waals surface area contributed by atoms with E-state index in [1.165, 1.54) is 5.56 Å². The highest BCUT2D eigenvalue weighted by Gasteiger charge is 1.97. The van der Waals surface area contributed by atoms with E-state index in [0.717, 1.165) is 13.0 Å². The van der Waals surface area contributed by atoms with Gasteiger partial charge in [0.25, 0.3) is 0 Å². The van der Waals surface area contributed by atoms with Crippen LogP contribution in [-0.2, 0) is 6.42 Å². The SMILES string of the molecule is Nc1nnc(NCCc2cc[nH]c2)[nH]1. The van der Waals surface area contributed by atoms with Gasteiger partial charge in [0, 0.05) is 18.9 Å². The number of aromatic nitrogens is 4. The topological polar surface area (TPSA) is 95.4 Å². The molecule has 0 bridgehead atoms. The van der Waals surface area contributed by atoms with Gasteiger partial charge in [0.1, 0.15) is 0 Å². The molecule has 2 rings (SSSR count). The van der Waals surface area contributed by atoms with Crippen molar-refractivity contribution in [1.82, 2.24) is 20.2 Å². The Morgan fingerprint density at radius 2 is 2.36 bits per heavy atom. The zero-order chi connectivity index (χ0) is 9.80. The Hall–Kier alpha value is -1.98. The third-order valence-electron chi connectivity index (χ3n) is 1.87. The Balaban J connectivity index is 1.78. The molecule has 0 radical (unpaired) electrons. The Morgan fingerprint density at radius 1 is 1.43 bits per heavy atom. The summed E-state index contributed by atoms with van der Waals surface area (Å²) in [6.07, 6.45) is 4.81. The van der Waals surface area contributed by atoms with E-state index in [9.17, 15) is 0 Å². The number of aromatic amines is 2. The van der Waals surface area contributed by atoms with Crippen molar-refractivity contribution >= 4 is 11.9 Å². The Labute approximate surface area is 80.9 Å². The molecule has 0 atom stereocenters. The van der Waals surface area contributed by atoms with Crippen LogP contribution in [-0.4, -0.2) is 26.7 Å². The molecule has 0 unspecified atom stereocenters. The van der Waals surface area contributed by atoms with Gasteiger partial charge in [-0.3, -0.25) is 4.98 Å². The first-order valence-corrected chi connectivity index (χ1v) is 4.38. The minimum atomic E-state index is 0.328. The van der Waals surface area contributed by atoms with Crippen molar-refractivity contribution in [1.29, 1.82) is 0 Å². The lowest BCUT2D eigenvalue weighted by atomic mass is 10.2. The van der Waals surface area contributed by atoms with Crippen molar-refractivity contribution in [3.05, 3.63) is 24.0 Å². The zero-order valence-corrected chi connectivity index (χ0v) is 7.62. The van der Waals surface area contributed by atoms with Crippen LogP contribution >= 0.6 is 0 Å². The van der Waals surface area contributed by atoms with Crippen LogP contribution in [0.25, 0.3) is 0 Å². The van der Waals surface area contributed by atoms with Gasteiger partial charge < -0.3 is 16.0 Å². The molecule has 2 aromatic rings. The molecule has 0 aromatic carbocycles. The molecule has 0 aliphatic rings. The molecule has 0 saturated heterocycles. The van der Waals surface area contributed by atoms with Gasteiger partial charge in [-0.15, -0.1) is 10.2 Å². The Kier molecular flexibility index (Phi) is 2.35. The quantitative estimate of drug-likeness (QED) is 0.562. The summed E-state index contributed by atoms with van der Waals surface area (Å²) in [7, 11) is 0. The predicted molar refractivity (Wildman–Crippen MR) is 53.8 cm³/mol. The number of hydrogen-bond donors (Lipinski definition) is 4. The lowest BCUT2D eigenvalue weighted by Gasteiger charge is -1.99. The lowest BCUT2D eigenvalue weighted by Crippen LogP contribution is -2.05. The molecule has 0 aliphatic heterocycles. The molecule has 0 spiro atoms. The summed E-state index contributed by atoms with van der Waals surface area (Å²) in [5.74, 6) is 0.937. The van der Waals surface area contributed by atoms with Gasteiger partial charge >= 0.3 is 0 Å². The molecule has 14 heavy (non-hydrogen) atoms. The van der Waals surface area contributed by atoms with Crippen LogP contribution in [0, 0.1) is 0 Å². The summed E-state index contributed by atoms with van der Waals surface area (Å²) in [6.45, 7) is 0.798. The molecular weight excluding hydrogens is 180 g/mol. The molecule has 2 aromatic heterocycles. The Bertz CT molecular complexity index is 376. The second-order valence-corrected chi connectivity index (χ2v) is 2.95. The van der Waals surface area contributed by atoms with Gasteiger partial charge in [-0.25, -0.2) is 0 Å². The monoisotopic (exact) mass is 192 g/mol. The summed E-state index contributed by atoms with van der Waals surface area (Å²) in [5, 5.41) is 10.5. The average molecular weight is 192 g/mol. The zero-order valence-electron chi connectivity index (χ0n) is 7.62. The van der Waals surface area contributed by atoms with Crippen molar-refractivity contribution in [3.8, 4) is 0 Å². The fourth-order valence-corrected chi connectivity index (χ4v) is 1.19. The van der Waals surface area contributed by atoms with Gasteiger partial charge in [-0.2, -0.15) is 0 Å². The maximum Gasteiger partial charge on any atom is 0.223 e. The number of anilines is 2. The molecule has 6 heteroatoms. The molecular formula is C8H12N6. The molecule has 6 nitrogen and oxygen atoms in total. The van der Waals surface area contributed by atoms with E-state index in [1.807, 2.05) is 18.5 Å². The van der Waals surface area contributed by atoms with Crippen LogP contribution in [0.5, 0.6) is 0 Å². The van der Waals surface area contributed by atoms with E-state index in [2.05, 4.69) is 25.5 Å². The van der Waals surface area contributed by atoms with Crippen LogP contribution in [0.15, 0.2) is 18.5 Å². The number of nitrogen functional groups attached to an aromatic ring is 1. The number of H-pyrrole nitrogens is 2. The normalized spacial score (nSPS) is 10.3. The molecule has 0 amide bonds. The van der Waals surface area contributed by atoms with E-state index in [4.69, 9.17) is 5.73 Å². The van der Waals surface area contributed by atoms with Crippen LogP contribution in [0.2, 0.25) is 0 Å². The van der Waals surface area contributed by atoms with Crippen LogP contribution in [0.3, 0.4) is 0 Å². The van der Waals surface area contributed by atoms with E-state index >= 15 is 0 Å². The average Bonchev–Trinajstić information content (AvgIpc) is 2.77. The third-order valence-corrected chi connectivity index (χ3v) is 1.87. The maximum atomic E-state index is 5.37. The molecule has 0 saturated carbocycles. The summed E-state index contributed by atoms with van der Waals surface area (Å²) < 4.78 is 0. The molecule has 5 N–H and O–H groups in total. The van der Waals surface area contributed by atoms with Crippen molar-refractivity contribution in [2.45, 2.75) is 6.42 Å². The van der Waals surface area contributed by atoms with Gasteiger partial charge in [0.15, 0.2) is 0 Å². The predicted octanol–water partition coefficient (Wildman–Crippen LogP) is 0.370. The van der Waals surface area contributed by atoms with E-state index in [1.54, 1.807) is 0 Å². The second kappa shape index (κ2) is 3.82. The first kappa shape index (κ1) is 8.61. The van der Waals surface area contributed by atoms with Gasteiger partial charge in [0.05, 0.1) is 0 Å². The fraction of sp³-hybridized carbons (Fsp3) is 0.250. The van der Waals surface area contributed by atoms with Crippen LogP contribution < -0.4 is 11.1 Å². The standard InChI is InChI=1S/C8H12N6/c9-7-12-8(14-13-7)11-4-2-6-1-3-10-5-6/h1,3,5,10H,2,4H2,(H4,9,11,12,13,14). The van der Waals surface area contributed by atoms with E-state index in [0.29, 0.717) is 11.9 Å². The second-order valence-electron chi connectivity index (χ2n) is 2.95. The highest BCUT2D eigenvalue weighted by Crippen LogP contribution is 2.01. The largest absolute Gasteiger partial charge is 0.368 e. The Morgan fingerprint density at radius 3 is 3.00 bits per heavy atom. The maximum absolute atomic E-state index is 5.37. The van der Waals surface area contributed by atoms with E-state index in [-0.39, 0.29) is 0 Å². The third kappa shape index (κ3) is 2.03. The van der Waals surface area contributed by atoms with Gasteiger partial charge in [-0.05, 0) is 18.1 Å². The van der Waals surface area contributed by atoms with Crippen molar-refractivity contribution in [2.75, 3.05) is 17.6 Å². The number of nitrogens with zero attached hydrogens (tertiary/aromatic N) is 2. The highest BCUT2D eigenvalue weighted by atomic mass is 15.3. The number of nitrogens with two attached hydrogens (primary N) is 1. The molecule has 0 fully saturated rings. The number of nitrogens with one attached hydrogen (secondary N) is 3. The number of rotatable bonds is 4. The van der Waals surface area contributed by atoms with Gasteiger partial charge in [0.2, 0.25) is 11.9 Å². The van der Waals surface area contributed by atoms with Crippen LogP contribution in [0.4, 0.5) is 11.9 Å². The molecule has 2 heterocycles. The summed E-state index contributed by atoms with van der Waals surface area (Å²) in [6, 6.07) is 2.04. The van der Waals surface area contributed by atoms with Crippen molar-refractivity contribution < 1.29 is 0 Å². The lowest BCUT2D eigenvalue weighted by molar-refractivity contribution is 0.986.